The van der Waals surface area contributed by atoms with Gasteiger partial charge in [-0.05, 0) is 29.8 Å². The first-order valence-corrected chi connectivity index (χ1v) is 9.67. The van der Waals surface area contributed by atoms with Gasteiger partial charge in [0.25, 0.3) is 0 Å². The number of nitrogens with zero attached hydrogens (tertiary/aromatic N) is 2. The molecule has 2 aliphatic rings. The number of halogens is 2. The van der Waals surface area contributed by atoms with Gasteiger partial charge in [0.2, 0.25) is 5.91 Å². The lowest BCUT2D eigenvalue weighted by Crippen LogP contribution is -2.29. The maximum atomic E-state index is 12.0. The van der Waals surface area contributed by atoms with E-state index in [4.69, 9.17) is 27.9 Å². The van der Waals surface area contributed by atoms with Crippen molar-refractivity contribution in [1.29, 1.82) is 0 Å². The molecule has 6 nitrogen and oxygen atoms in total. The smallest absolute Gasteiger partial charge is 0.216 e. The predicted octanol–water partition coefficient (Wildman–Crippen LogP) is 3.98. The van der Waals surface area contributed by atoms with Gasteiger partial charge in [0.1, 0.15) is 12.0 Å². The van der Waals surface area contributed by atoms with Gasteiger partial charge in [-0.2, -0.15) is 0 Å². The SMILES string of the molecule is CC(=O)NCCN1C=COC(C2=C(N=Cc3ccc(Cl)c(Cl)c3)C=CC(=O)C2)=C1. The third-order valence-corrected chi connectivity index (χ3v) is 4.89. The third-order valence-electron chi connectivity index (χ3n) is 4.16. The number of rotatable bonds is 6. The highest BCUT2D eigenvalue weighted by Gasteiger charge is 2.20. The highest BCUT2D eigenvalue weighted by atomic mass is 35.5. The van der Waals surface area contributed by atoms with E-state index in [1.54, 1.807) is 49.2 Å². The van der Waals surface area contributed by atoms with Gasteiger partial charge in [0.05, 0.1) is 15.7 Å². The van der Waals surface area contributed by atoms with E-state index in [1.807, 2.05) is 4.90 Å². The van der Waals surface area contributed by atoms with Gasteiger partial charge in [0, 0.05) is 50.6 Å². The number of hydrogen-bond donors (Lipinski definition) is 1. The Morgan fingerprint density at radius 3 is 2.90 bits per heavy atom. The van der Waals surface area contributed by atoms with Crippen LogP contribution in [0.4, 0.5) is 0 Å². The lowest BCUT2D eigenvalue weighted by atomic mass is 9.99. The summed E-state index contributed by atoms with van der Waals surface area (Å²) in [6.07, 6.45) is 10.1. The van der Waals surface area contributed by atoms with Crippen LogP contribution in [-0.2, 0) is 14.3 Å². The van der Waals surface area contributed by atoms with E-state index in [9.17, 15) is 9.59 Å². The molecule has 0 saturated carbocycles. The fraction of sp³-hybridized carbons (Fsp3) is 0.190. The minimum Gasteiger partial charge on any atom is -0.462 e. The molecular formula is C21H19Cl2N3O3. The van der Waals surface area contributed by atoms with Gasteiger partial charge >= 0.3 is 0 Å². The Hall–Kier alpha value is -2.83. The van der Waals surface area contributed by atoms with Gasteiger partial charge in [0.15, 0.2) is 5.78 Å². The first-order chi connectivity index (χ1) is 13.9. The molecule has 1 aliphatic heterocycles. The number of allylic oxidation sites excluding steroid dienone is 3. The summed E-state index contributed by atoms with van der Waals surface area (Å²) in [5.74, 6) is 0.419. The zero-order valence-electron chi connectivity index (χ0n) is 15.7. The van der Waals surface area contributed by atoms with Crippen molar-refractivity contribution in [2.24, 2.45) is 4.99 Å². The van der Waals surface area contributed by atoms with E-state index in [-0.39, 0.29) is 18.1 Å². The van der Waals surface area contributed by atoms with E-state index in [0.29, 0.717) is 40.2 Å². The summed E-state index contributed by atoms with van der Waals surface area (Å²) < 4.78 is 5.64. The second kappa shape index (κ2) is 9.58. The fourth-order valence-corrected chi connectivity index (χ4v) is 3.03. The molecule has 0 spiro atoms. The zero-order valence-corrected chi connectivity index (χ0v) is 17.2. The van der Waals surface area contributed by atoms with Crippen LogP contribution in [-0.4, -0.2) is 35.9 Å². The van der Waals surface area contributed by atoms with Crippen LogP contribution in [0.5, 0.6) is 0 Å². The van der Waals surface area contributed by atoms with Crippen LogP contribution < -0.4 is 5.32 Å². The maximum absolute atomic E-state index is 12.0. The summed E-state index contributed by atoms with van der Waals surface area (Å²) in [6.45, 7) is 2.53. The van der Waals surface area contributed by atoms with Crippen LogP contribution in [0.1, 0.15) is 18.9 Å². The molecule has 0 atom stereocenters. The van der Waals surface area contributed by atoms with Crippen LogP contribution in [0, 0.1) is 0 Å². The molecular weight excluding hydrogens is 413 g/mol. The van der Waals surface area contributed by atoms with Crippen molar-refractivity contribution in [3.8, 4) is 0 Å². The van der Waals surface area contributed by atoms with Gasteiger partial charge in [-0.3, -0.25) is 14.6 Å². The quantitative estimate of drug-likeness (QED) is 0.691. The van der Waals surface area contributed by atoms with Crippen molar-refractivity contribution in [1.82, 2.24) is 10.2 Å². The van der Waals surface area contributed by atoms with E-state index in [2.05, 4.69) is 10.3 Å². The summed E-state index contributed by atoms with van der Waals surface area (Å²) in [5, 5.41) is 3.66. The van der Waals surface area contributed by atoms with Gasteiger partial charge in [-0.15, -0.1) is 0 Å². The van der Waals surface area contributed by atoms with Gasteiger partial charge in [-0.25, -0.2) is 0 Å². The Balaban J connectivity index is 1.83. The normalized spacial score (nSPS) is 16.3. The van der Waals surface area contributed by atoms with Crippen LogP contribution in [0.2, 0.25) is 10.0 Å². The van der Waals surface area contributed by atoms with Crippen LogP contribution in [0.15, 0.2) is 71.0 Å². The van der Waals surface area contributed by atoms with E-state index < -0.39 is 0 Å². The number of benzene rings is 1. The summed E-state index contributed by atoms with van der Waals surface area (Å²) in [7, 11) is 0. The first-order valence-electron chi connectivity index (χ1n) is 8.91. The molecule has 1 N–H and O–H groups in total. The van der Waals surface area contributed by atoms with E-state index in [1.165, 1.54) is 13.0 Å². The summed E-state index contributed by atoms with van der Waals surface area (Å²) in [4.78, 5) is 29.4. The zero-order chi connectivity index (χ0) is 20.8. The molecule has 0 radical (unpaired) electrons. The van der Waals surface area contributed by atoms with Crippen molar-refractivity contribution in [2.75, 3.05) is 13.1 Å². The molecule has 150 valence electrons. The number of hydrogen-bond acceptors (Lipinski definition) is 5. The Kier molecular flexibility index (Phi) is 6.90. The molecule has 0 fully saturated rings. The minimum absolute atomic E-state index is 0.0302. The highest BCUT2D eigenvalue weighted by molar-refractivity contribution is 6.42. The van der Waals surface area contributed by atoms with Crippen molar-refractivity contribution in [3.05, 3.63) is 81.7 Å². The van der Waals surface area contributed by atoms with Crippen LogP contribution in [0.3, 0.4) is 0 Å². The standard InChI is InChI=1S/C21H19Cl2N3O3/c1-14(27)24-6-7-26-8-9-29-21(13-26)17-11-16(28)3-5-20(17)25-12-15-2-4-18(22)19(23)10-15/h2-5,8-10,12-13H,6-7,11H2,1H3,(H,24,27). The monoisotopic (exact) mass is 431 g/mol. The molecule has 1 heterocycles. The van der Waals surface area contributed by atoms with Crippen LogP contribution >= 0.6 is 23.2 Å². The Bertz CT molecular complexity index is 977. The van der Waals surface area contributed by atoms with Crippen molar-refractivity contribution >= 4 is 41.1 Å². The molecule has 1 aromatic carbocycles. The Morgan fingerprint density at radius 1 is 1.31 bits per heavy atom. The van der Waals surface area contributed by atoms with Gasteiger partial charge < -0.3 is 15.0 Å². The first kappa shape index (κ1) is 20.9. The fourth-order valence-electron chi connectivity index (χ4n) is 2.72. The molecule has 0 unspecified atom stereocenters. The number of nitrogens with one attached hydrogen (secondary N) is 1. The second-order valence-corrected chi connectivity index (χ2v) is 7.20. The largest absolute Gasteiger partial charge is 0.462 e. The Morgan fingerprint density at radius 2 is 2.14 bits per heavy atom. The molecule has 0 aromatic heterocycles. The topological polar surface area (TPSA) is 71.0 Å². The number of aliphatic imine (C=N–C) groups is 1. The number of amides is 1. The molecule has 3 rings (SSSR count). The minimum atomic E-state index is -0.0870. The third kappa shape index (κ3) is 5.82. The summed E-state index contributed by atoms with van der Waals surface area (Å²) in [6, 6.07) is 5.22. The summed E-state index contributed by atoms with van der Waals surface area (Å²) in [5.41, 5.74) is 2.09. The number of carbonyl (C=O) groups is 2. The number of ketones is 1. The average molecular weight is 432 g/mol. The lowest BCUT2D eigenvalue weighted by Gasteiger charge is -2.23. The average Bonchev–Trinajstić information content (AvgIpc) is 2.69. The van der Waals surface area contributed by atoms with Crippen molar-refractivity contribution in [2.45, 2.75) is 13.3 Å². The van der Waals surface area contributed by atoms with E-state index >= 15 is 0 Å². The number of ether oxygens (including phenoxy) is 1. The van der Waals surface area contributed by atoms with Crippen molar-refractivity contribution in [3.63, 3.8) is 0 Å². The highest BCUT2D eigenvalue weighted by Crippen LogP contribution is 2.28. The lowest BCUT2D eigenvalue weighted by molar-refractivity contribution is -0.119. The molecule has 1 aliphatic carbocycles. The predicted molar refractivity (Wildman–Crippen MR) is 114 cm³/mol. The maximum Gasteiger partial charge on any atom is 0.216 e. The molecule has 1 aromatic rings. The molecule has 1 amide bonds. The van der Waals surface area contributed by atoms with Crippen molar-refractivity contribution < 1.29 is 14.3 Å². The Labute approximate surface area is 178 Å². The second-order valence-electron chi connectivity index (χ2n) is 6.39. The molecule has 29 heavy (non-hydrogen) atoms. The summed E-state index contributed by atoms with van der Waals surface area (Å²) >= 11 is 12.0. The molecule has 8 heteroatoms. The van der Waals surface area contributed by atoms with E-state index in [0.717, 1.165) is 5.56 Å². The molecule has 0 saturated heterocycles. The van der Waals surface area contributed by atoms with Gasteiger partial charge in [-0.1, -0.05) is 29.3 Å². The number of carbonyl (C=O) groups excluding carboxylic acids is 2. The molecule has 0 bridgehead atoms. The van der Waals surface area contributed by atoms with Crippen LogP contribution in [0.25, 0.3) is 0 Å².